The maximum atomic E-state index is 4.34. The highest BCUT2D eigenvalue weighted by atomic mass is 15.1. The molecular formula is C34H28N2+2. The smallest absolute Gasteiger partial charge is 0.191 e. The summed E-state index contributed by atoms with van der Waals surface area (Å²) < 4.78 is 4.94. The lowest BCUT2D eigenvalue weighted by atomic mass is 9.76. The number of rotatable bonds is 3. The molecular weight excluding hydrogens is 436 g/mol. The second-order valence-corrected chi connectivity index (χ2v) is 9.89. The van der Waals surface area contributed by atoms with Crippen molar-refractivity contribution in [2.45, 2.75) is 24.9 Å². The molecule has 2 heteroatoms. The third kappa shape index (κ3) is 2.97. The molecule has 2 aromatic heterocycles. The summed E-state index contributed by atoms with van der Waals surface area (Å²) in [5, 5.41) is 0. The van der Waals surface area contributed by atoms with Gasteiger partial charge in [0.15, 0.2) is 24.5 Å². The molecule has 7 rings (SSSR count). The van der Waals surface area contributed by atoms with Crippen LogP contribution in [-0.2, 0) is 0 Å². The Morgan fingerprint density at radius 2 is 1.33 bits per heavy atom. The first-order chi connectivity index (χ1) is 17.8. The molecule has 2 aliphatic heterocycles. The van der Waals surface area contributed by atoms with Crippen molar-refractivity contribution in [1.29, 1.82) is 0 Å². The Balaban J connectivity index is 1.51. The minimum absolute atomic E-state index is 0.133. The van der Waals surface area contributed by atoms with E-state index in [-0.39, 0.29) is 18.0 Å². The standard InChI is InChI=1S/C34H28N2/c1-3-30-33(27-17-9-7-15-25(27)31-19-11-12-20-35(30)31)34-28-18-10-8-16-26(28)32-21-23(2)29(22-36(32)34)24-13-5-4-6-14-24/h3-22,30,33-34H,1H2,2H3/q+2. The van der Waals surface area contributed by atoms with Crippen LogP contribution in [0, 0.1) is 6.92 Å². The van der Waals surface area contributed by atoms with Gasteiger partial charge < -0.3 is 0 Å². The van der Waals surface area contributed by atoms with Crippen molar-refractivity contribution < 1.29 is 9.13 Å². The van der Waals surface area contributed by atoms with E-state index in [1.807, 2.05) is 0 Å². The number of allylic oxidation sites excluding steroid dienone is 1. The molecule has 0 amide bonds. The molecule has 0 N–H and O–H groups in total. The highest BCUT2D eigenvalue weighted by molar-refractivity contribution is 5.72. The minimum Gasteiger partial charge on any atom is -0.191 e. The SMILES string of the molecule is C=CC1C(C2c3ccccc3-c3cc(C)c(-c4ccccc4)c[n+]32)c2ccccc2-c2cccc[n+]21. The zero-order valence-corrected chi connectivity index (χ0v) is 20.4. The van der Waals surface area contributed by atoms with Crippen LogP contribution in [-0.4, -0.2) is 0 Å². The highest BCUT2D eigenvalue weighted by Crippen LogP contribution is 2.49. The molecule has 3 unspecified atom stereocenters. The molecule has 36 heavy (non-hydrogen) atoms. The van der Waals surface area contributed by atoms with Crippen LogP contribution in [0.1, 0.15) is 34.7 Å². The van der Waals surface area contributed by atoms with Crippen LogP contribution >= 0.6 is 0 Å². The largest absolute Gasteiger partial charge is 0.213 e. The predicted octanol–water partition coefficient (Wildman–Crippen LogP) is 7.00. The van der Waals surface area contributed by atoms with E-state index < -0.39 is 0 Å². The number of fused-ring (bicyclic) bond motifs is 6. The first-order valence-corrected chi connectivity index (χ1v) is 12.7. The average molecular weight is 465 g/mol. The summed E-state index contributed by atoms with van der Waals surface area (Å²) in [5.41, 5.74) is 11.8. The Kier molecular flexibility index (Phi) is 4.75. The molecule has 0 aliphatic carbocycles. The van der Waals surface area contributed by atoms with E-state index in [4.69, 9.17) is 0 Å². The Bertz CT molecular complexity index is 1630. The Morgan fingerprint density at radius 1 is 0.667 bits per heavy atom. The number of aromatic nitrogens is 2. The average Bonchev–Trinajstić information content (AvgIpc) is 3.25. The van der Waals surface area contributed by atoms with Gasteiger partial charge >= 0.3 is 0 Å². The van der Waals surface area contributed by atoms with Gasteiger partial charge in [-0.15, -0.1) is 0 Å². The predicted molar refractivity (Wildman–Crippen MR) is 144 cm³/mol. The normalized spacial score (nSPS) is 19.1. The van der Waals surface area contributed by atoms with Gasteiger partial charge in [-0.05, 0) is 47.9 Å². The molecule has 2 nitrogen and oxygen atoms in total. The third-order valence-electron chi connectivity index (χ3n) is 8.02. The van der Waals surface area contributed by atoms with Gasteiger partial charge in [0.25, 0.3) is 0 Å². The van der Waals surface area contributed by atoms with Crippen molar-refractivity contribution in [3.05, 3.63) is 145 Å². The van der Waals surface area contributed by atoms with Crippen LogP contribution in [0.5, 0.6) is 0 Å². The molecule has 0 radical (unpaired) electrons. The van der Waals surface area contributed by atoms with E-state index in [0.717, 1.165) is 0 Å². The van der Waals surface area contributed by atoms with E-state index in [2.05, 4.69) is 144 Å². The van der Waals surface area contributed by atoms with Crippen molar-refractivity contribution >= 4 is 0 Å². The lowest BCUT2D eigenvalue weighted by Gasteiger charge is -2.30. The van der Waals surface area contributed by atoms with Crippen molar-refractivity contribution in [1.82, 2.24) is 0 Å². The van der Waals surface area contributed by atoms with E-state index in [1.165, 1.54) is 50.3 Å². The van der Waals surface area contributed by atoms with Gasteiger partial charge in [0.2, 0.25) is 11.4 Å². The molecule has 0 saturated carbocycles. The van der Waals surface area contributed by atoms with Crippen LogP contribution in [0.25, 0.3) is 33.6 Å². The molecule has 0 saturated heterocycles. The topological polar surface area (TPSA) is 7.76 Å². The lowest BCUT2D eigenvalue weighted by Crippen LogP contribution is -2.52. The quantitative estimate of drug-likeness (QED) is 0.201. The molecule has 172 valence electrons. The highest BCUT2D eigenvalue weighted by Gasteiger charge is 2.51. The lowest BCUT2D eigenvalue weighted by molar-refractivity contribution is -0.739. The van der Waals surface area contributed by atoms with E-state index in [0.29, 0.717) is 0 Å². The number of nitrogens with zero attached hydrogens (tertiary/aromatic N) is 2. The number of benzene rings is 3. The maximum Gasteiger partial charge on any atom is 0.213 e. The van der Waals surface area contributed by atoms with Gasteiger partial charge in [-0.1, -0.05) is 73.3 Å². The first-order valence-electron chi connectivity index (χ1n) is 12.7. The summed E-state index contributed by atoms with van der Waals surface area (Å²) in [6.07, 6.45) is 6.73. The van der Waals surface area contributed by atoms with Crippen molar-refractivity contribution in [2.75, 3.05) is 0 Å². The van der Waals surface area contributed by atoms with Crippen molar-refractivity contribution in [2.24, 2.45) is 0 Å². The van der Waals surface area contributed by atoms with Gasteiger partial charge in [0.1, 0.15) is 5.92 Å². The number of hydrogen-bond donors (Lipinski definition) is 0. The fourth-order valence-electron chi connectivity index (χ4n) is 6.48. The zero-order valence-electron chi connectivity index (χ0n) is 20.4. The zero-order chi connectivity index (χ0) is 24.2. The van der Waals surface area contributed by atoms with Crippen LogP contribution in [0.4, 0.5) is 0 Å². The monoisotopic (exact) mass is 464 g/mol. The summed E-state index contributed by atoms with van der Waals surface area (Å²) in [6.45, 7) is 6.57. The molecule has 0 fully saturated rings. The van der Waals surface area contributed by atoms with E-state index >= 15 is 0 Å². The summed E-state index contributed by atoms with van der Waals surface area (Å²) >= 11 is 0. The molecule has 3 atom stereocenters. The molecule has 3 aromatic carbocycles. The summed E-state index contributed by atoms with van der Waals surface area (Å²) in [5.74, 6) is 0.206. The number of hydrogen-bond acceptors (Lipinski definition) is 0. The molecule has 2 aliphatic rings. The molecule has 5 aromatic rings. The third-order valence-corrected chi connectivity index (χ3v) is 8.02. The Labute approximate surface area is 212 Å². The van der Waals surface area contributed by atoms with Crippen LogP contribution in [0.3, 0.4) is 0 Å². The van der Waals surface area contributed by atoms with Crippen molar-refractivity contribution in [3.8, 4) is 33.6 Å². The van der Waals surface area contributed by atoms with Gasteiger partial charge in [0, 0.05) is 29.3 Å². The summed E-state index contributed by atoms with van der Waals surface area (Å²) in [7, 11) is 0. The minimum atomic E-state index is 0.133. The first kappa shape index (κ1) is 21.0. The second-order valence-electron chi connectivity index (χ2n) is 9.89. The number of aryl methyl sites for hydroxylation is 1. The van der Waals surface area contributed by atoms with Crippen molar-refractivity contribution in [3.63, 3.8) is 0 Å². The summed E-state index contributed by atoms with van der Waals surface area (Å²) in [4.78, 5) is 0. The van der Waals surface area contributed by atoms with Crippen LogP contribution in [0.15, 0.2) is 128 Å². The summed E-state index contributed by atoms with van der Waals surface area (Å²) in [6, 6.07) is 37.8. The number of pyridine rings is 2. The fraction of sp³-hybridized carbons (Fsp3) is 0.118. The molecule has 4 heterocycles. The van der Waals surface area contributed by atoms with Crippen LogP contribution < -0.4 is 9.13 Å². The molecule has 0 bridgehead atoms. The Morgan fingerprint density at radius 3 is 2.11 bits per heavy atom. The van der Waals surface area contributed by atoms with Gasteiger partial charge in [-0.25, -0.2) is 0 Å². The van der Waals surface area contributed by atoms with E-state index in [9.17, 15) is 0 Å². The van der Waals surface area contributed by atoms with Crippen LogP contribution in [0.2, 0.25) is 0 Å². The fourth-order valence-corrected chi connectivity index (χ4v) is 6.48. The van der Waals surface area contributed by atoms with Gasteiger partial charge in [-0.3, -0.25) is 0 Å². The van der Waals surface area contributed by atoms with Gasteiger partial charge in [-0.2, -0.15) is 9.13 Å². The maximum absolute atomic E-state index is 4.34. The van der Waals surface area contributed by atoms with Gasteiger partial charge in [0.05, 0.1) is 11.1 Å². The second kappa shape index (κ2) is 8.13. The van der Waals surface area contributed by atoms with E-state index in [1.54, 1.807) is 0 Å². The Hall–Kier alpha value is -4.30. The molecule has 0 spiro atoms.